The maximum Gasteiger partial charge on any atom is 0.458 e. The Balaban J connectivity index is 1.88. The van der Waals surface area contributed by atoms with Crippen molar-refractivity contribution in [1.82, 2.24) is 0 Å². The van der Waals surface area contributed by atoms with E-state index in [1.165, 1.54) is 5.92 Å². The first kappa shape index (κ1) is 17.0. The summed E-state index contributed by atoms with van der Waals surface area (Å²) in [5.41, 5.74) is 1.32. The summed E-state index contributed by atoms with van der Waals surface area (Å²) in [7, 11) is 0. The quantitative estimate of drug-likeness (QED) is 0.251. The Kier molecular flexibility index (Phi) is 4.02. The van der Waals surface area contributed by atoms with Crippen LogP contribution in [0.2, 0.25) is 0 Å². The van der Waals surface area contributed by atoms with Crippen LogP contribution in [-0.2, 0) is 0 Å². The molecule has 0 heterocycles. The first-order chi connectivity index (χ1) is 12.9. The van der Waals surface area contributed by atoms with E-state index in [4.69, 9.17) is 0 Å². The smallest absolute Gasteiger partial charge is 0.159 e. The van der Waals surface area contributed by atoms with E-state index in [0.717, 1.165) is 37.9 Å². The molecule has 0 radical (unpaired) electrons. The van der Waals surface area contributed by atoms with Crippen LogP contribution in [0.1, 0.15) is 18.1 Å². The van der Waals surface area contributed by atoms with Crippen LogP contribution in [0.25, 0.3) is 32.3 Å². The number of benzene rings is 4. The van der Waals surface area contributed by atoms with Gasteiger partial charge in [-0.2, -0.15) is 13.2 Å². The Labute approximate surface area is 154 Å². The highest BCUT2D eigenvalue weighted by Gasteiger charge is 2.22. The van der Waals surface area contributed by atoms with Crippen molar-refractivity contribution >= 4 is 32.3 Å². The lowest BCUT2D eigenvalue weighted by Gasteiger charge is -2.06. The Morgan fingerprint density at radius 1 is 0.593 bits per heavy atom. The summed E-state index contributed by atoms with van der Waals surface area (Å²) in [4.78, 5) is 0. The first-order valence-corrected chi connectivity index (χ1v) is 8.35. The van der Waals surface area contributed by atoms with Crippen molar-refractivity contribution in [3.05, 3.63) is 71.8 Å². The van der Waals surface area contributed by atoms with E-state index >= 15 is 0 Å². The Bertz CT molecular complexity index is 1320. The van der Waals surface area contributed by atoms with E-state index in [1.54, 1.807) is 18.2 Å². The van der Waals surface area contributed by atoms with Gasteiger partial charge in [-0.05, 0) is 87.8 Å². The summed E-state index contributed by atoms with van der Waals surface area (Å²) in [6, 6.07) is 19.4. The zero-order valence-electron chi connectivity index (χ0n) is 14.4. The number of fused-ring (bicyclic) bond motifs is 3. The van der Waals surface area contributed by atoms with Gasteiger partial charge >= 0.3 is 6.18 Å². The molecule has 0 N–H and O–H groups in total. The van der Waals surface area contributed by atoms with Gasteiger partial charge in [-0.3, -0.25) is 0 Å². The van der Waals surface area contributed by atoms with Crippen LogP contribution in [0, 0.1) is 23.7 Å². The molecule has 3 heteroatoms. The van der Waals surface area contributed by atoms with Gasteiger partial charge in [0.15, 0.2) is 0 Å². The summed E-state index contributed by atoms with van der Waals surface area (Å²) >= 11 is 0. The summed E-state index contributed by atoms with van der Waals surface area (Å²) in [5.74, 6) is 9.47. The molecule has 0 atom stereocenters. The summed E-state index contributed by atoms with van der Waals surface area (Å²) in [6.07, 6.45) is -4.49. The molecular weight excluding hydrogens is 345 g/mol. The summed E-state index contributed by atoms with van der Waals surface area (Å²) < 4.78 is 36.9. The van der Waals surface area contributed by atoms with E-state index in [-0.39, 0.29) is 0 Å². The van der Waals surface area contributed by atoms with E-state index < -0.39 is 6.18 Å². The second-order valence-electron chi connectivity index (χ2n) is 6.30. The van der Waals surface area contributed by atoms with Crippen molar-refractivity contribution < 1.29 is 13.2 Å². The number of hydrogen-bond acceptors (Lipinski definition) is 0. The van der Waals surface area contributed by atoms with Crippen LogP contribution in [0.5, 0.6) is 0 Å². The fourth-order valence-corrected chi connectivity index (χ4v) is 3.19. The maximum atomic E-state index is 12.3. The molecular formula is C24H13F3. The number of rotatable bonds is 0. The Morgan fingerprint density at radius 2 is 1.04 bits per heavy atom. The third-order valence-electron chi connectivity index (χ3n) is 4.37. The second-order valence-corrected chi connectivity index (χ2v) is 6.30. The van der Waals surface area contributed by atoms with Gasteiger partial charge in [-0.15, -0.1) is 5.92 Å². The van der Waals surface area contributed by atoms with Crippen molar-refractivity contribution in [2.45, 2.75) is 13.1 Å². The van der Waals surface area contributed by atoms with Crippen LogP contribution in [0.15, 0.2) is 60.7 Å². The predicted molar refractivity (Wildman–Crippen MR) is 104 cm³/mol. The van der Waals surface area contributed by atoms with Crippen molar-refractivity contribution in [1.29, 1.82) is 0 Å². The fraction of sp³-hybridized carbons (Fsp3) is 0.0833. The molecule has 4 aromatic rings. The largest absolute Gasteiger partial charge is 0.458 e. The monoisotopic (exact) mass is 358 g/mol. The minimum absolute atomic E-state index is 0.350. The number of halogens is 3. The Morgan fingerprint density at radius 3 is 1.52 bits per heavy atom. The summed E-state index contributed by atoms with van der Waals surface area (Å²) in [5, 5.41) is 6.13. The third kappa shape index (κ3) is 3.59. The standard InChI is InChI=1S/C24H13F3/c1-2-3-16-4-6-18-12-23-15-21-11-17(8-9-24(25,26)27)5-7-19(21)13-22(23)14-20(18)10-16/h4-7,10-15H,1H3. The molecule has 0 aliphatic heterocycles. The minimum Gasteiger partial charge on any atom is -0.159 e. The highest BCUT2D eigenvalue weighted by atomic mass is 19.4. The molecule has 0 amide bonds. The SMILES string of the molecule is CC#Cc1ccc2cc3cc4cc(C#CC(F)(F)F)ccc4cc3cc2c1. The van der Waals surface area contributed by atoms with E-state index in [1.807, 2.05) is 31.2 Å². The molecule has 0 unspecified atom stereocenters. The van der Waals surface area contributed by atoms with Crippen LogP contribution in [0.4, 0.5) is 13.2 Å². The van der Waals surface area contributed by atoms with Gasteiger partial charge in [0, 0.05) is 17.0 Å². The molecule has 0 aromatic heterocycles. The van der Waals surface area contributed by atoms with E-state index in [0.29, 0.717) is 5.56 Å². The second kappa shape index (κ2) is 6.38. The maximum absolute atomic E-state index is 12.3. The van der Waals surface area contributed by atoms with E-state index in [9.17, 15) is 13.2 Å². The van der Waals surface area contributed by atoms with Crippen molar-refractivity contribution in [2.75, 3.05) is 0 Å². The van der Waals surface area contributed by atoms with Crippen LogP contribution in [0.3, 0.4) is 0 Å². The van der Waals surface area contributed by atoms with Gasteiger partial charge in [-0.25, -0.2) is 0 Å². The number of alkyl halides is 3. The van der Waals surface area contributed by atoms with Crippen molar-refractivity contribution in [3.63, 3.8) is 0 Å². The molecule has 0 aliphatic carbocycles. The molecule has 0 spiro atoms. The van der Waals surface area contributed by atoms with Gasteiger partial charge in [0.05, 0.1) is 0 Å². The summed E-state index contributed by atoms with van der Waals surface area (Å²) in [6.45, 7) is 1.81. The van der Waals surface area contributed by atoms with Crippen molar-refractivity contribution in [2.24, 2.45) is 0 Å². The molecule has 0 nitrogen and oxygen atoms in total. The number of hydrogen-bond donors (Lipinski definition) is 0. The third-order valence-corrected chi connectivity index (χ3v) is 4.37. The lowest BCUT2D eigenvalue weighted by molar-refractivity contribution is -0.0696. The average Bonchev–Trinajstić information content (AvgIpc) is 2.62. The Hall–Kier alpha value is -3.43. The van der Waals surface area contributed by atoms with Crippen molar-refractivity contribution in [3.8, 4) is 23.7 Å². The minimum atomic E-state index is -4.49. The van der Waals surface area contributed by atoms with Gasteiger partial charge in [0.2, 0.25) is 0 Å². The topological polar surface area (TPSA) is 0 Å². The van der Waals surface area contributed by atoms with Gasteiger partial charge in [0.1, 0.15) is 0 Å². The lowest BCUT2D eigenvalue weighted by atomic mass is 9.98. The average molecular weight is 358 g/mol. The molecule has 0 fully saturated rings. The molecule has 4 rings (SSSR count). The van der Waals surface area contributed by atoms with Crippen LogP contribution >= 0.6 is 0 Å². The van der Waals surface area contributed by atoms with Crippen LogP contribution in [-0.4, -0.2) is 6.18 Å². The zero-order chi connectivity index (χ0) is 19.0. The molecule has 0 aliphatic rings. The molecule has 0 bridgehead atoms. The molecule has 130 valence electrons. The highest BCUT2D eigenvalue weighted by Crippen LogP contribution is 2.28. The first-order valence-electron chi connectivity index (χ1n) is 8.35. The molecule has 0 saturated carbocycles. The fourth-order valence-electron chi connectivity index (χ4n) is 3.19. The van der Waals surface area contributed by atoms with Gasteiger partial charge in [-0.1, -0.05) is 24.0 Å². The van der Waals surface area contributed by atoms with Crippen LogP contribution < -0.4 is 0 Å². The van der Waals surface area contributed by atoms with E-state index in [2.05, 4.69) is 36.0 Å². The highest BCUT2D eigenvalue weighted by molar-refractivity contribution is 6.05. The predicted octanol–water partition coefficient (Wildman–Crippen LogP) is 6.43. The normalized spacial score (nSPS) is 11.1. The zero-order valence-corrected chi connectivity index (χ0v) is 14.4. The van der Waals surface area contributed by atoms with Gasteiger partial charge in [0.25, 0.3) is 0 Å². The lowest BCUT2D eigenvalue weighted by Crippen LogP contribution is -2.01. The molecule has 27 heavy (non-hydrogen) atoms. The molecule has 4 aromatic carbocycles. The van der Waals surface area contributed by atoms with Gasteiger partial charge < -0.3 is 0 Å². The molecule has 0 saturated heterocycles.